The Morgan fingerprint density at radius 3 is 2.53 bits per heavy atom. The number of ether oxygens (including phenoxy) is 4. The van der Waals surface area contributed by atoms with Gasteiger partial charge in [0.1, 0.15) is 17.4 Å². The molecule has 0 radical (unpaired) electrons. The third-order valence-electron chi connectivity index (χ3n) is 9.34. The zero-order valence-corrected chi connectivity index (χ0v) is 26.3. The molecule has 3 aliphatic rings. The largest absolute Gasteiger partial charge is 0.493 e. The maximum absolute atomic E-state index is 14.6. The highest BCUT2D eigenvalue weighted by atomic mass is 19.4. The molecule has 5 rings (SSSR count). The van der Waals surface area contributed by atoms with Crippen LogP contribution in [0.3, 0.4) is 0 Å². The van der Waals surface area contributed by atoms with Gasteiger partial charge in [-0.15, -0.1) is 0 Å². The van der Waals surface area contributed by atoms with Crippen molar-refractivity contribution in [2.24, 2.45) is 11.3 Å². The summed E-state index contributed by atoms with van der Waals surface area (Å²) in [5.74, 6) is -1.90. The number of aliphatic carboxylic acids is 1. The molecule has 12 heteroatoms. The van der Waals surface area contributed by atoms with E-state index in [9.17, 15) is 27.9 Å². The number of carboxylic acid groups (broad SMARTS) is 1. The van der Waals surface area contributed by atoms with Gasteiger partial charge in [0.25, 0.3) is 5.91 Å². The molecule has 0 spiro atoms. The van der Waals surface area contributed by atoms with Crippen LogP contribution in [0.4, 0.5) is 13.2 Å². The molecule has 5 atom stereocenters. The van der Waals surface area contributed by atoms with Crippen molar-refractivity contribution < 1.29 is 46.8 Å². The first-order valence-corrected chi connectivity index (χ1v) is 15.4. The summed E-state index contributed by atoms with van der Waals surface area (Å²) in [6.45, 7) is 7.85. The predicted octanol–water partition coefficient (Wildman–Crippen LogP) is 5.98. The highest BCUT2D eigenvalue weighted by Gasteiger charge is 2.68. The molecule has 1 N–H and O–H groups in total. The van der Waals surface area contributed by atoms with E-state index in [0.717, 1.165) is 24.5 Å². The minimum absolute atomic E-state index is 0.0441. The van der Waals surface area contributed by atoms with Crippen LogP contribution in [-0.4, -0.2) is 64.9 Å². The second-order valence-electron chi connectivity index (χ2n) is 13.0. The minimum Gasteiger partial charge on any atom is -0.493 e. The Morgan fingerprint density at radius 1 is 1.18 bits per heavy atom. The van der Waals surface area contributed by atoms with Gasteiger partial charge < -0.3 is 29.0 Å². The number of alkyl halides is 3. The van der Waals surface area contributed by atoms with Crippen LogP contribution in [0.1, 0.15) is 81.7 Å². The number of pyridine rings is 1. The lowest BCUT2D eigenvalue weighted by molar-refractivity contribution is -0.170. The quantitative estimate of drug-likeness (QED) is 0.378. The molecule has 2 saturated heterocycles. The van der Waals surface area contributed by atoms with E-state index in [1.54, 1.807) is 6.92 Å². The third-order valence-corrected chi connectivity index (χ3v) is 9.34. The molecule has 2 fully saturated rings. The monoisotopic (exact) mass is 634 g/mol. The number of amides is 1. The van der Waals surface area contributed by atoms with E-state index in [0.29, 0.717) is 43.6 Å². The number of rotatable bonds is 8. The van der Waals surface area contributed by atoms with E-state index in [1.165, 1.54) is 12.0 Å². The zero-order valence-electron chi connectivity index (χ0n) is 26.3. The first kappa shape index (κ1) is 33.0. The standard InChI is InChI=1S/C33H41F3N2O7/c1-6-32(30(40)41)27(31(2,3)4)26(45-18-20-16-21(33(34,35)36)17-37-28(20)42-5)24(22-11-9-10-19-13-15-44-25(19)22)38(32)29(39)23-12-7-8-14-43-23/h9-11,16-17,23-24,26-27H,6-8,12-15,18H2,1-5H3,(H,40,41)/t23?,24-,26+,27+,32-/m0/s1. The summed E-state index contributed by atoms with van der Waals surface area (Å²) in [4.78, 5) is 33.5. The lowest BCUT2D eigenvalue weighted by Crippen LogP contribution is -2.61. The molecule has 0 bridgehead atoms. The Bertz CT molecular complexity index is 1420. The van der Waals surface area contributed by atoms with Crippen LogP contribution >= 0.6 is 0 Å². The van der Waals surface area contributed by atoms with Crippen molar-refractivity contribution in [1.29, 1.82) is 0 Å². The number of aromatic nitrogens is 1. The molecule has 45 heavy (non-hydrogen) atoms. The molecule has 1 unspecified atom stereocenters. The fourth-order valence-corrected chi connectivity index (χ4v) is 7.51. The van der Waals surface area contributed by atoms with Gasteiger partial charge in [-0.2, -0.15) is 13.2 Å². The molecule has 1 aromatic heterocycles. The first-order chi connectivity index (χ1) is 21.3. The zero-order chi connectivity index (χ0) is 32.7. The van der Waals surface area contributed by atoms with Gasteiger partial charge in [0.15, 0.2) is 0 Å². The lowest BCUT2D eigenvalue weighted by atomic mass is 9.66. The Kier molecular flexibility index (Phi) is 9.12. The van der Waals surface area contributed by atoms with E-state index in [4.69, 9.17) is 18.9 Å². The molecule has 0 saturated carbocycles. The second kappa shape index (κ2) is 12.4. The van der Waals surface area contributed by atoms with Crippen molar-refractivity contribution in [3.05, 3.63) is 52.7 Å². The summed E-state index contributed by atoms with van der Waals surface area (Å²) in [6.07, 6.45) is -3.05. The number of fused-ring (bicyclic) bond motifs is 1. The Morgan fingerprint density at radius 2 is 1.93 bits per heavy atom. The van der Waals surface area contributed by atoms with Gasteiger partial charge in [-0.3, -0.25) is 4.79 Å². The molecular formula is C33H41F3N2O7. The second-order valence-corrected chi connectivity index (χ2v) is 13.0. The van der Waals surface area contributed by atoms with E-state index in [2.05, 4.69) is 4.98 Å². The van der Waals surface area contributed by atoms with Gasteiger partial charge >= 0.3 is 12.1 Å². The molecule has 1 amide bonds. The van der Waals surface area contributed by atoms with Crippen molar-refractivity contribution in [2.75, 3.05) is 20.3 Å². The van der Waals surface area contributed by atoms with Gasteiger partial charge in [0, 0.05) is 36.3 Å². The van der Waals surface area contributed by atoms with Gasteiger partial charge in [-0.1, -0.05) is 45.9 Å². The number of hydrogen-bond donors (Lipinski definition) is 1. The van der Waals surface area contributed by atoms with E-state index >= 15 is 0 Å². The number of carbonyl (C=O) groups excluding carboxylic acids is 1. The van der Waals surface area contributed by atoms with E-state index in [1.807, 2.05) is 39.0 Å². The minimum atomic E-state index is -4.65. The maximum Gasteiger partial charge on any atom is 0.417 e. The highest BCUT2D eigenvalue weighted by Crippen LogP contribution is 2.58. The normalized spacial score (nSPS) is 26.8. The fraction of sp³-hybridized carbons (Fsp3) is 0.606. The summed E-state index contributed by atoms with van der Waals surface area (Å²) in [6, 6.07) is 5.57. The van der Waals surface area contributed by atoms with Crippen LogP contribution < -0.4 is 9.47 Å². The molecule has 0 aliphatic carbocycles. The number of likely N-dealkylation sites (tertiary alicyclic amines) is 1. The number of halogens is 3. The number of hydrogen-bond acceptors (Lipinski definition) is 7. The number of nitrogens with zero attached hydrogens (tertiary/aromatic N) is 2. The third kappa shape index (κ3) is 5.87. The molecule has 1 aromatic carbocycles. The fourth-order valence-electron chi connectivity index (χ4n) is 7.51. The van der Waals surface area contributed by atoms with Crippen LogP contribution in [0, 0.1) is 11.3 Å². The molecule has 3 aliphatic heterocycles. The molecule has 246 valence electrons. The number of benzene rings is 1. The number of para-hydroxylation sites is 1. The van der Waals surface area contributed by atoms with Gasteiger partial charge in [-0.05, 0) is 42.7 Å². The Labute approximate surface area is 261 Å². The first-order valence-electron chi connectivity index (χ1n) is 15.4. The molecule has 4 heterocycles. The highest BCUT2D eigenvalue weighted by molar-refractivity contribution is 5.91. The van der Waals surface area contributed by atoms with Crippen molar-refractivity contribution in [3.8, 4) is 11.6 Å². The maximum atomic E-state index is 14.6. The van der Waals surface area contributed by atoms with Crippen LogP contribution in [0.5, 0.6) is 11.6 Å². The summed E-state index contributed by atoms with van der Waals surface area (Å²) < 4.78 is 64.9. The number of carboxylic acids is 1. The van der Waals surface area contributed by atoms with E-state index < -0.39 is 58.7 Å². The van der Waals surface area contributed by atoms with Gasteiger partial charge in [-0.25, -0.2) is 9.78 Å². The smallest absolute Gasteiger partial charge is 0.417 e. The van der Waals surface area contributed by atoms with Crippen LogP contribution in [0.25, 0.3) is 0 Å². The summed E-state index contributed by atoms with van der Waals surface area (Å²) in [5.41, 5.74) is -1.87. The average Bonchev–Trinajstić information content (AvgIpc) is 3.60. The van der Waals surface area contributed by atoms with Crippen LogP contribution in [-0.2, 0) is 38.3 Å². The lowest BCUT2D eigenvalue weighted by Gasteiger charge is -2.45. The average molecular weight is 635 g/mol. The molecule has 2 aromatic rings. The van der Waals surface area contributed by atoms with Crippen LogP contribution in [0.15, 0.2) is 30.5 Å². The van der Waals surface area contributed by atoms with Gasteiger partial charge in [0.2, 0.25) is 5.88 Å². The summed E-state index contributed by atoms with van der Waals surface area (Å²) in [5, 5.41) is 11.1. The Balaban J connectivity index is 1.71. The topological polar surface area (TPSA) is 107 Å². The van der Waals surface area contributed by atoms with E-state index in [-0.39, 0.29) is 24.5 Å². The molecular weight excluding hydrogens is 593 g/mol. The van der Waals surface area contributed by atoms with Crippen molar-refractivity contribution in [1.82, 2.24) is 9.88 Å². The number of methoxy groups -OCH3 is 1. The van der Waals surface area contributed by atoms with Gasteiger partial charge in [0.05, 0.1) is 38.0 Å². The Hall–Kier alpha value is -3.38. The number of carbonyl (C=O) groups is 2. The summed E-state index contributed by atoms with van der Waals surface area (Å²) >= 11 is 0. The molecule has 9 nitrogen and oxygen atoms in total. The van der Waals surface area contributed by atoms with Crippen molar-refractivity contribution >= 4 is 11.9 Å². The van der Waals surface area contributed by atoms with Crippen molar-refractivity contribution in [3.63, 3.8) is 0 Å². The SMILES string of the molecule is CC[C@@]1(C(=O)O)[C@@H](C(C)(C)C)[C@H](OCc2cc(C(F)(F)F)cnc2OC)[C@H](c2cccc3c2OCC3)N1C(=O)C1CCCCO1. The van der Waals surface area contributed by atoms with Crippen LogP contribution in [0.2, 0.25) is 0 Å². The van der Waals surface area contributed by atoms with Crippen molar-refractivity contribution in [2.45, 2.75) is 96.4 Å². The summed E-state index contributed by atoms with van der Waals surface area (Å²) in [7, 11) is 1.30. The predicted molar refractivity (Wildman–Crippen MR) is 157 cm³/mol.